The summed E-state index contributed by atoms with van der Waals surface area (Å²) in [4.78, 5) is 58.6. The Morgan fingerprint density at radius 2 is 1.68 bits per heavy atom. The Bertz CT molecular complexity index is 1040. The van der Waals surface area contributed by atoms with Crippen molar-refractivity contribution in [3.05, 3.63) is 63.9 Å². The summed E-state index contributed by atoms with van der Waals surface area (Å²) in [6.45, 7) is 2.06. The lowest BCUT2D eigenvalue weighted by Crippen LogP contribution is -2.50. The highest BCUT2D eigenvalue weighted by atomic mass is 79.9. The number of benzene rings is 1. The number of halogens is 1. The van der Waals surface area contributed by atoms with E-state index in [1.54, 1.807) is 46.3 Å². The van der Waals surface area contributed by atoms with Crippen LogP contribution in [-0.2, 0) is 4.79 Å². The Kier molecular flexibility index (Phi) is 6.13. The van der Waals surface area contributed by atoms with Crippen molar-refractivity contribution in [1.82, 2.24) is 19.7 Å². The van der Waals surface area contributed by atoms with Crippen molar-refractivity contribution < 1.29 is 19.2 Å². The quantitative estimate of drug-likeness (QED) is 0.606. The van der Waals surface area contributed by atoms with E-state index in [1.807, 2.05) is 0 Å². The molecule has 8 nitrogen and oxygen atoms in total. The zero-order chi connectivity index (χ0) is 22.0. The van der Waals surface area contributed by atoms with Crippen molar-refractivity contribution in [2.24, 2.45) is 0 Å². The zero-order valence-corrected chi connectivity index (χ0v) is 18.4. The standard InChI is InChI=1S/C22H21BrN4O4/c23-16-5-6-17-18(13-16)22(31)27(21(17)30)8-2-4-19(28)25-9-11-26(12-10-25)20(29)15-3-1-7-24-14-15/h1,3,5-7,13-14H,2,4,8-12H2. The van der Waals surface area contributed by atoms with Crippen LogP contribution in [0.5, 0.6) is 0 Å². The molecule has 1 fully saturated rings. The van der Waals surface area contributed by atoms with Gasteiger partial charge < -0.3 is 9.80 Å². The Balaban J connectivity index is 1.25. The van der Waals surface area contributed by atoms with E-state index in [1.165, 1.54) is 11.1 Å². The maximum atomic E-state index is 12.6. The second-order valence-corrected chi connectivity index (χ2v) is 8.39. The largest absolute Gasteiger partial charge is 0.339 e. The van der Waals surface area contributed by atoms with Crippen molar-refractivity contribution in [1.29, 1.82) is 0 Å². The smallest absolute Gasteiger partial charge is 0.261 e. The van der Waals surface area contributed by atoms with Gasteiger partial charge in [-0.3, -0.25) is 29.1 Å². The predicted octanol–water partition coefficient (Wildman–Crippen LogP) is 2.20. The third-order valence-corrected chi connectivity index (χ3v) is 6.03. The average molecular weight is 485 g/mol. The van der Waals surface area contributed by atoms with Crippen LogP contribution >= 0.6 is 15.9 Å². The second-order valence-electron chi connectivity index (χ2n) is 7.47. The van der Waals surface area contributed by atoms with Gasteiger partial charge >= 0.3 is 0 Å². The summed E-state index contributed by atoms with van der Waals surface area (Å²) in [5, 5.41) is 0. The first-order chi connectivity index (χ1) is 15.0. The minimum Gasteiger partial charge on any atom is -0.339 e. The first kappa shape index (κ1) is 21.2. The number of fused-ring (bicyclic) bond motifs is 1. The Labute approximate surface area is 188 Å². The molecule has 1 aromatic carbocycles. The predicted molar refractivity (Wildman–Crippen MR) is 115 cm³/mol. The van der Waals surface area contributed by atoms with Crippen LogP contribution in [0.2, 0.25) is 0 Å². The van der Waals surface area contributed by atoms with Gasteiger partial charge in [-0.15, -0.1) is 0 Å². The topological polar surface area (TPSA) is 90.9 Å². The molecule has 0 N–H and O–H groups in total. The van der Waals surface area contributed by atoms with E-state index >= 15 is 0 Å². The van der Waals surface area contributed by atoms with Crippen LogP contribution in [0.1, 0.15) is 43.9 Å². The number of piperazine rings is 1. The Morgan fingerprint density at radius 3 is 2.39 bits per heavy atom. The molecule has 0 atom stereocenters. The maximum Gasteiger partial charge on any atom is 0.261 e. The number of hydrogen-bond acceptors (Lipinski definition) is 5. The van der Waals surface area contributed by atoms with Crippen LogP contribution in [0.25, 0.3) is 0 Å². The summed E-state index contributed by atoms with van der Waals surface area (Å²) < 4.78 is 0.741. The molecular formula is C22H21BrN4O4. The van der Waals surface area contributed by atoms with Crippen LogP contribution in [-0.4, -0.2) is 76.0 Å². The van der Waals surface area contributed by atoms with Crippen LogP contribution in [0, 0.1) is 0 Å². The highest BCUT2D eigenvalue weighted by Gasteiger charge is 2.35. The van der Waals surface area contributed by atoms with Gasteiger partial charge in [-0.05, 0) is 36.8 Å². The molecule has 1 saturated heterocycles. The van der Waals surface area contributed by atoms with Gasteiger partial charge in [-0.2, -0.15) is 0 Å². The molecule has 0 saturated carbocycles. The van der Waals surface area contributed by atoms with E-state index < -0.39 is 0 Å². The Hall–Kier alpha value is -3.07. The summed E-state index contributed by atoms with van der Waals surface area (Å²) in [6.07, 6.45) is 3.81. The number of carbonyl (C=O) groups excluding carboxylic acids is 4. The van der Waals surface area contributed by atoms with E-state index in [4.69, 9.17) is 0 Å². The second kappa shape index (κ2) is 8.97. The van der Waals surface area contributed by atoms with E-state index in [0.29, 0.717) is 49.3 Å². The number of hydrogen-bond donors (Lipinski definition) is 0. The van der Waals surface area contributed by atoms with E-state index in [-0.39, 0.29) is 36.6 Å². The number of rotatable bonds is 5. The summed E-state index contributed by atoms with van der Waals surface area (Å²) in [7, 11) is 0. The van der Waals surface area contributed by atoms with E-state index in [0.717, 1.165) is 4.47 Å². The van der Waals surface area contributed by atoms with Gasteiger partial charge in [0.1, 0.15) is 0 Å². The first-order valence-corrected chi connectivity index (χ1v) is 10.9. The fourth-order valence-electron chi connectivity index (χ4n) is 3.84. The maximum absolute atomic E-state index is 12.6. The van der Waals surface area contributed by atoms with Gasteiger partial charge in [0.05, 0.1) is 16.7 Å². The van der Waals surface area contributed by atoms with Gasteiger partial charge in [0.25, 0.3) is 17.7 Å². The fraction of sp³-hybridized carbons (Fsp3) is 0.318. The summed E-state index contributed by atoms with van der Waals surface area (Å²) in [5.41, 5.74) is 1.32. The Morgan fingerprint density at radius 1 is 0.968 bits per heavy atom. The lowest BCUT2D eigenvalue weighted by Gasteiger charge is -2.35. The van der Waals surface area contributed by atoms with Gasteiger partial charge in [0.15, 0.2) is 0 Å². The van der Waals surface area contributed by atoms with Crippen molar-refractivity contribution >= 4 is 39.6 Å². The minimum absolute atomic E-state index is 0.0344. The lowest BCUT2D eigenvalue weighted by atomic mass is 10.1. The summed E-state index contributed by atoms with van der Waals surface area (Å²) >= 11 is 3.31. The van der Waals surface area contributed by atoms with Crippen molar-refractivity contribution in [3.8, 4) is 0 Å². The van der Waals surface area contributed by atoms with Crippen LogP contribution in [0.15, 0.2) is 47.2 Å². The molecule has 0 aliphatic carbocycles. The monoisotopic (exact) mass is 484 g/mol. The SMILES string of the molecule is O=C(CCCN1C(=O)c2ccc(Br)cc2C1=O)N1CCN(C(=O)c2cccnc2)CC1. The summed E-state index contributed by atoms with van der Waals surface area (Å²) in [5.74, 6) is -0.760. The number of pyridine rings is 1. The molecule has 4 rings (SSSR count). The highest BCUT2D eigenvalue weighted by molar-refractivity contribution is 9.10. The van der Waals surface area contributed by atoms with E-state index in [2.05, 4.69) is 20.9 Å². The number of nitrogens with zero attached hydrogens (tertiary/aromatic N) is 4. The molecule has 9 heteroatoms. The van der Waals surface area contributed by atoms with Crippen molar-refractivity contribution in [2.75, 3.05) is 32.7 Å². The minimum atomic E-state index is -0.323. The summed E-state index contributed by atoms with van der Waals surface area (Å²) in [6, 6.07) is 8.46. The molecular weight excluding hydrogens is 464 g/mol. The van der Waals surface area contributed by atoms with Gasteiger partial charge in [0, 0.05) is 56.0 Å². The molecule has 1 aromatic heterocycles. The molecule has 0 radical (unpaired) electrons. The van der Waals surface area contributed by atoms with Crippen LogP contribution < -0.4 is 0 Å². The van der Waals surface area contributed by atoms with Gasteiger partial charge in [-0.1, -0.05) is 15.9 Å². The van der Waals surface area contributed by atoms with Crippen molar-refractivity contribution in [3.63, 3.8) is 0 Å². The molecule has 2 aliphatic heterocycles. The molecule has 0 spiro atoms. The number of aromatic nitrogens is 1. The first-order valence-electron chi connectivity index (χ1n) is 10.1. The van der Waals surface area contributed by atoms with E-state index in [9.17, 15) is 19.2 Å². The molecule has 0 bridgehead atoms. The van der Waals surface area contributed by atoms with Crippen LogP contribution in [0.3, 0.4) is 0 Å². The average Bonchev–Trinajstić information content (AvgIpc) is 3.03. The molecule has 2 aromatic rings. The number of amides is 4. The molecule has 0 unspecified atom stereocenters. The molecule has 3 heterocycles. The molecule has 31 heavy (non-hydrogen) atoms. The zero-order valence-electron chi connectivity index (χ0n) is 16.8. The fourth-order valence-corrected chi connectivity index (χ4v) is 4.20. The highest BCUT2D eigenvalue weighted by Crippen LogP contribution is 2.26. The van der Waals surface area contributed by atoms with Gasteiger partial charge in [0.2, 0.25) is 5.91 Å². The molecule has 2 aliphatic rings. The van der Waals surface area contributed by atoms with Crippen LogP contribution in [0.4, 0.5) is 0 Å². The molecule has 160 valence electrons. The van der Waals surface area contributed by atoms with Crippen molar-refractivity contribution in [2.45, 2.75) is 12.8 Å². The number of carbonyl (C=O) groups is 4. The van der Waals surface area contributed by atoms with Gasteiger partial charge in [-0.25, -0.2) is 0 Å². The third kappa shape index (κ3) is 4.36. The molecule has 4 amide bonds. The lowest BCUT2D eigenvalue weighted by molar-refractivity contribution is -0.132. The third-order valence-electron chi connectivity index (χ3n) is 5.53. The number of imide groups is 1. The normalized spacial score (nSPS) is 16.0.